The monoisotopic (exact) mass is 236 g/mol. The Kier molecular flexibility index (Phi) is 2.37. The van der Waals surface area contributed by atoms with E-state index < -0.39 is 0 Å². The molecule has 1 aromatic rings. The van der Waals surface area contributed by atoms with Crippen LogP contribution in [0.2, 0.25) is 5.02 Å². The van der Waals surface area contributed by atoms with Crippen molar-refractivity contribution < 1.29 is 4.79 Å². The van der Waals surface area contributed by atoms with E-state index in [1.165, 1.54) is 5.56 Å². The molecule has 4 heteroatoms. The molecule has 0 bridgehead atoms. The summed E-state index contributed by atoms with van der Waals surface area (Å²) in [6.45, 7) is 1.81. The maximum Gasteiger partial charge on any atom is 0.228 e. The Labute approximate surface area is 99.2 Å². The maximum absolute atomic E-state index is 11.9. The van der Waals surface area contributed by atoms with E-state index in [9.17, 15) is 4.79 Å². The number of piperidine rings is 1. The fourth-order valence-corrected chi connectivity index (χ4v) is 2.86. The van der Waals surface area contributed by atoms with Crippen LogP contribution in [0.4, 0.5) is 5.69 Å². The Bertz CT molecular complexity index is 447. The Morgan fingerprint density at radius 3 is 3.06 bits per heavy atom. The lowest BCUT2D eigenvalue weighted by Crippen LogP contribution is -2.43. The van der Waals surface area contributed by atoms with E-state index in [1.54, 1.807) is 0 Å². The number of fused-ring (bicyclic) bond motifs is 3. The number of anilines is 1. The van der Waals surface area contributed by atoms with Crippen molar-refractivity contribution in [3.63, 3.8) is 0 Å². The zero-order valence-corrected chi connectivity index (χ0v) is 9.55. The van der Waals surface area contributed by atoms with Crippen molar-refractivity contribution in [2.75, 3.05) is 18.4 Å². The second-order valence-electron chi connectivity index (χ2n) is 4.43. The summed E-state index contributed by atoms with van der Waals surface area (Å²) in [5.74, 6) is 0.561. The zero-order chi connectivity index (χ0) is 11.1. The molecule has 3 nitrogen and oxygen atoms in total. The number of carbonyl (C=O) groups is 1. The summed E-state index contributed by atoms with van der Waals surface area (Å²) in [5.41, 5.74) is 2.09. The van der Waals surface area contributed by atoms with E-state index >= 15 is 0 Å². The zero-order valence-electron chi connectivity index (χ0n) is 8.79. The minimum Gasteiger partial charge on any atom is -0.326 e. The first kappa shape index (κ1) is 10.1. The first-order valence-electron chi connectivity index (χ1n) is 5.57. The summed E-state index contributed by atoms with van der Waals surface area (Å²) in [6, 6.07) is 5.75. The van der Waals surface area contributed by atoms with Gasteiger partial charge in [-0.25, -0.2) is 0 Å². The predicted molar refractivity (Wildman–Crippen MR) is 63.8 cm³/mol. The Balaban J connectivity index is 2.06. The van der Waals surface area contributed by atoms with Gasteiger partial charge >= 0.3 is 0 Å². The molecule has 1 amide bonds. The maximum atomic E-state index is 11.9. The molecule has 0 aliphatic carbocycles. The van der Waals surface area contributed by atoms with Crippen LogP contribution in [0.5, 0.6) is 0 Å². The minimum atomic E-state index is 0.120. The molecule has 0 aromatic heterocycles. The van der Waals surface area contributed by atoms with Gasteiger partial charge in [-0.3, -0.25) is 4.79 Å². The standard InChI is InChI=1S/C12H13ClN2O/c13-7-1-2-8-10-6-14-4-3-9(10)12(16)15-11(8)5-7/h1-2,5,9-10,14H,3-4,6H2,(H,15,16). The van der Waals surface area contributed by atoms with Gasteiger partial charge < -0.3 is 10.6 Å². The number of nitrogens with one attached hydrogen (secondary N) is 2. The van der Waals surface area contributed by atoms with Gasteiger partial charge in [-0.2, -0.15) is 0 Å². The van der Waals surface area contributed by atoms with Gasteiger partial charge in [0, 0.05) is 29.1 Å². The molecule has 2 aliphatic heterocycles. The van der Waals surface area contributed by atoms with Crippen LogP contribution in [-0.4, -0.2) is 19.0 Å². The molecule has 2 N–H and O–H groups in total. The lowest BCUT2D eigenvalue weighted by molar-refractivity contribution is -0.121. The molecular formula is C12H13ClN2O. The van der Waals surface area contributed by atoms with Crippen molar-refractivity contribution in [1.82, 2.24) is 5.32 Å². The van der Waals surface area contributed by atoms with Crippen LogP contribution in [0.15, 0.2) is 18.2 Å². The molecule has 16 heavy (non-hydrogen) atoms. The third-order valence-corrected chi connectivity index (χ3v) is 3.73. The molecule has 0 saturated carbocycles. The SMILES string of the molecule is O=C1Nc2cc(Cl)ccc2C2CNCCC12. The summed E-state index contributed by atoms with van der Waals surface area (Å²) < 4.78 is 0. The van der Waals surface area contributed by atoms with Gasteiger partial charge in [0.15, 0.2) is 0 Å². The molecule has 3 rings (SSSR count). The number of benzene rings is 1. The van der Waals surface area contributed by atoms with Crippen LogP contribution in [0, 0.1) is 5.92 Å². The first-order chi connectivity index (χ1) is 7.75. The van der Waals surface area contributed by atoms with Gasteiger partial charge in [0.05, 0.1) is 0 Å². The number of carbonyl (C=O) groups excluding carboxylic acids is 1. The Morgan fingerprint density at radius 1 is 1.31 bits per heavy atom. The van der Waals surface area contributed by atoms with Crippen LogP contribution in [-0.2, 0) is 4.79 Å². The van der Waals surface area contributed by atoms with Crippen molar-refractivity contribution in [3.8, 4) is 0 Å². The van der Waals surface area contributed by atoms with Gasteiger partial charge in [-0.05, 0) is 30.7 Å². The van der Waals surface area contributed by atoms with E-state index in [0.717, 1.165) is 25.2 Å². The third kappa shape index (κ3) is 1.51. The molecule has 2 atom stereocenters. The smallest absolute Gasteiger partial charge is 0.228 e. The van der Waals surface area contributed by atoms with Gasteiger partial charge in [0.1, 0.15) is 0 Å². The fourth-order valence-electron chi connectivity index (χ4n) is 2.68. The van der Waals surface area contributed by atoms with Crippen LogP contribution in [0.25, 0.3) is 0 Å². The van der Waals surface area contributed by atoms with Crippen LogP contribution in [0.1, 0.15) is 17.9 Å². The average Bonchev–Trinajstić information content (AvgIpc) is 2.29. The molecule has 2 heterocycles. The first-order valence-corrected chi connectivity index (χ1v) is 5.94. The molecule has 1 aromatic carbocycles. The van der Waals surface area contributed by atoms with Gasteiger partial charge in [-0.15, -0.1) is 0 Å². The number of hydrogen-bond donors (Lipinski definition) is 2. The highest BCUT2D eigenvalue weighted by Crippen LogP contribution is 2.39. The lowest BCUT2D eigenvalue weighted by atomic mass is 9.78. The topological polar surface area (TPSA) is 41.1 Å². The quantitative estimate of drug-likeness (QED) is 0.723. The largest absolute Gasteiger partial charge is 0.326 e. The average molecular weight is 237 g/mol. The van der Waals surface area contributed by atoms with E-state index in [0.29, 0.717) is 10.9 Å². The van der Waals surface area contributed by atoms with Crippen LogP contribution >= 0.6 is 11.6 Å². The number of halogens is 1. The van der Waals surface area contributed by atoms with Gasteiger partial charge in [0.2, 0.25) is 5.91 Å². The summed E-state index contributed by atoms with van der Waals surface area (Å²) >= 11 is 5.93. The Morgan fingerprint density at radius 2 is 2.19 bits per heavy atom. The Hall–Kier alpha value is -1.06. The fraction of sp³-hybridized carbons (Fsp3) is 0.417. The number of amides is 1. The molecule has 2 aliphatic rings. The molecule has 84 valence electrons. The molecule has 0 spiro atoms. The van der Waals surface area contributed by atoms with Crippen LogP contribution in [0.3, 0.4) is 0 Å². The van der Waals surface area contributed by atoms with E-state index in [-0.39, 0.29) is 11.8 Å². The normalized spacial score (nSPS) is 27.9. The number of hydrogen-bond acceptors (Lipinski definition) is 2. The van der Waals surface area contributed by atoms with Gasteiger partial charge in [-0.1, -0.05) is 17.7 Å². The highest BCUT2D eigenvalue weighted by molar-refractivity contribution is 6.31. The van der Waals surface area contributed by atoms with Crippen LogP contribution < -0.4 is 10.6 Å². The van der Waals surface area contributed by atoms with Gasteiger partial charge in [0.25, 0.3) is 0 Å². The third-order valence-electron chi connectivity index (χ3n) is 3.49. The molecule has 2 unspecified atom stereocenters. The molecular weight excluding hydrogens is 224 g/mol. The van der Waals surface area contributed by atoms with Crippen molar-refractivity contribution >= 4 is 23.2 Å². The van der Waals surface area contributed by atoms with Crippen molar-refractivity contribution in [3.05, 3.63) is 28.8 Å². The summed E-state index contributed by atoms with van der Waals surface area (Å²) in [6.07, 6.45) is 0.915. The highest BCUT2D eigenvalue weighted by Gasteiger charge is 2.37. The predicted octanol–water partition coefficient (Wildman–Crippen LogP) is 1.99. The number of rotatable bonds is 0. The highest BCUT2D eigenvalue weighted by atomic mass is 35.5. The summed E-state index contributed by atoms with van der Waals surface area (Å²) in [7, 11) is 0. The molecule has 0 radical (unpaired) electrons. The minimum absolute atomic E-state index is 0.120. The van der Waals surface area contributed by atoms with Crippen molar-refractivity contribution in [2.24, 2.45) is 5.92 Å². The van der Waals surface area contributed by atoms with E-state index in [2.05, 4.69) is 10.6 Å². The van der Waals surface area contributed by atoms with E-state index in [4.69, 9.17) is 11.6 Å². The summed E-state index contributed by atoms with van der Waals surface area (Å²) in [5, 5.41) is 6.96. The second kappa shape index (κ2) is 3.75. The molecule has 1 saturated heterocycles. The second-order valence-corrected chi connectivity index (χ2v) is 4.86. The lowest BCUT2D eigenvalue weighted by Gasteiger charge is -2.36. The van der Waals surface area contributed by atoms with E-state index in [1.807, 2.05) is 18.2 Å². The molecule has 1 fully saturated rings. The van der Waals surface area contributed by atoms with Crippen molar-refractivity contribution in [1.29, 1.82) is 0 Å². The summed E-state index contributed by atoms with van der Waals surface area (Å²) in [4.78, 5) is 11.9. The van der Waals surface area contributed by atoms with Crippen molar-refractivity contribution in [2.45, 2.75) is 12.3 Å².